The summed E-state index contributed by atoms with van der Waals surface area (Å²) in [5, 5.41) is 0.429. The van der Waals surface area contributed by atoms with Crippen LogP contribution in [0, 0.1) is 5.82 Å². The van der Waals surface area contributed by atoms with E-state index >= 15 is 0 Å². The van der Waals surface area contributed by atoms with Gasteiger partial charge in [-0.1, -0.05) is 29.8 Å². The van der Waals surface area contributed by atoms with Gasteiger partial charge < -0.3 is 19.1 Å². The molecule has 3 aromatic rings. The summed E-state index contributed by atoms with van der Waals surface area (Å²) < 4.78 is 29.1. The molecule has 4 rings (SSSR count). The smallest absolute Gasteiger partial charge is 0.325 e. The van der Waals surface area contributed by atoms with Gasteiger partial charge in [0.25, 0.3) is 5.91 Å². The topological polar surface area (TPSA) is 68.3 Å². The van der Waals surface area contributed by atoms with Crippen LogP contribution < -0.4 is 14.4 Å². The number of halogens is 2. The zero-order chi connectivity index (χ0) is 26.5. The molecule has 10 heteroatoms. The lowest BCUT2D eigenvalue weighted by atomic mass is 10.1. The van der Waals surface area contributed by atoms with Gasteiger partial charge in [-0.3, -0.25) is 14.5 Å². The molecule has 0 N–H and O–H groups in total. The summed E-state index contributed by atoms with van der Waals surface area (Å²) >= 11 is 12.0. The van der Waals surface area contributed by atoms with Crippen molar-refractivity contribution in [2.24, 2.45) is 0 Å². The van der Waals surface area contributed by atoms with Gasteiger partial charge in [0.2, 0.25) is 0 Å². The number of amides is 1. The summed E-state index contributed by atoms with van der Waals surface area (Å²) in [4.78, 5) is 28.3. The van der Waals surface area contributed by atoms with Crippen LogP contribution in [0.1, 0.15) is 11.1 Å². The van der Waals surface area contributed by atoms with Gasteiger partial charge in [0.05, 0.1) is 24.9 Å². The van der Waals surface area contributed by atoms with E-state index in [9.17, 15) is 14.0 Å². The Balaban J connectivity index is 1.61. The molecule has 190 valence electrons. The molecular weight excluding hydrogens is 519 g/mol. The fourth-order valence-electron chi connectivity index (χ4n) is 3.66. The second-order valence-electron chi connectivity index (χ2n) is 7.92. The number of carbonyl (C=O) groups is 2. The number of benzene rings is 3. The number of carbonyl (C=O) groups excluding carboxylic acids is 2. The maximum Gasteiger partial charge on any atom is 0.325 e. The first-order valence-corrected chi connectivity index (χ1v) is 11.8. The summed E-state index contributed by atoms with van der Waals surface area (Å²) in [7, 11) is 2.80. The predicted octanol–water partition coefficient (Wildman–Crippen LogP) is 5.21. The first kappa shape index (κ1) is 26.1. The summed E-state index contributed by atoms with van der Waals surface area (Å²) in [6.45, 7) is -0.115. The van der Waals surface area contributed by atoms with Gasteiger partial charge in [-0.2, -0.15) is 0 Å². The Kier molecular flexibility index (Phi) is 8.05. The van der Waals surface area contributed by atoms with Crippen molar-refractivity contribution in [3.05, 3.63) is 94.4 Å². The molecule has 0 aliphatic carbocycles. The maximum atomic E-state index is 13.5. The van der Waals surface area contributed by atoms with E-state index in [4.69, 9.17) is 38.0 Å². The molecule has 1 aliphatic rings. The molecule has 0 spiro atoms. The Labute approximate surface area is 223 Å². The van der Waals surface area contributed by atoms with Crippen LogP contribution in [0.25, 0.3) is 6.08 Å². The van der Waals surface area contributed by atoms with Crippen LogP contribution in [0.15, 0.2) is 72.4 Å². The SMILES string of the molecule is COC(=O)CN1C(=S)N(c2ccc(OC)cc2)C(=O)/C1=C/c1ccc(OCc2cccc(F)c2)c(Cl)c1. The Morgan fingerprint density at radius 3 is 2.49 bits per heavy atom. The monoisotopic (exact) mass is 540 g/mol. The third-order valence-electron chi connectivity index (χ3n) is 5.52. The van der Waals surface area contributed by atoms with Gasteiger partial charge in [-0.05, 0) is 78.0 Å². The van der Waals surface area contributed by atoms with E-state index in [1.807, 2.05) is 0 Å². The van der Waals surface area contributed by atoms with E-state index in [1.54, 1.807) is 67.8 Å². The minimum absolute atomic E-state index is 0.132. The molecule has 0 atom stereocenters. The Morgan fingerprint density at radius 2 is 1.84 bits per heavy atom. The third kappa shape index (κ3) is 5.90. The summed E-state index contributed by atoms with van der Waals surface area (Å²) in [5.74, 6) is -0.308. The van der Waals surface area contributed by atoms with Crippen LogP contribution in [0.2, 0.25) is 5.02 Å². The molecule has 1 heterocycles. The maximum absolute atomic E-state index is 13.5. The number of nitrogens with zero attached hydrogens (tertiary/aromatic N) is 2. The Morgan fingerprint density at radius 1 is 1.08 bits per heavy atom. The van der Waals surface area contributed by atoms with E-state index in [1.165, 1.54) is 29.0 Å². The largest absolute Gasteiger partial charge is 0.497 e. The first-order valence-electron chi connectivity index (χ1n) is 11.1. The fourth-order valence-corrected chi connectivity index (χ4v) is 4.25. The molecule has 7 nitrogen and oxygen atoms in total. The molecule has 1 fully saturated rings. The highest BCUT2D eigenvalue weighted by molar-refractivity contribution is 7.80. The van der Waals surface area contributed by atoms with Crippen molar-refractivity contribution < 1.29 is 28.2 Å². The van der Waals surface area contributed by atoms with Crippen LogP contribution in [-0.2, 0) is 20.9 Å². The molecule has 0 aromatic heterocycles. The minimum atomic E-state index is -0.559. The fraction of sp³-hybridized carbons (Fsp3) is 0.148. The van der Waals surface area contributed by atoms with Crippen molar-refractivity contribution >= 4 is 52.6 Å². The lowest BCUT2D eigenvalue weighted by molar-refractivity contribution is -0.140. The van der Waals surface area contributed by atoms with Crippen molar-refractivity contribution in [1.82, 2.24) is 4.90 Å². The second kappa shape index (κ2) is 11.4. The number of anilines is 1. The molecule has 0 bridgehead atoms. The van der Waals surface area contributed by atoms with Crippen molar-refractivity contribution in [2.45, 2.75) is 6.61 Å². The lowest BCUT2D eigenvalue weighted by Crippen LogP contribution is -2.35. The Hall–Kier alpha value is -3.95. The van der Waals surface area contributed by atoms with E-state index in [0.29, 0.717) is 33.3 Å². The number of hydrogen-bond donors (Lipinski definition) is 0. The average molecular weight is 541 g/mol. The number of hydrogen-bond acceptors (Lipinski definition) is 6. The number of methoxy groups -OCH3 is 2. The molecule has 37 heavy (non-hydrogen) atoms. The quantitative estimate of drug-likeness (QED) is 0.220. The molecular formula is C27H22ClFN2O5S. The molecule has 3 aromatic carbocycles. The minimum Gasteiger partial charge on any atom is -0.497 e. The van der Waals surface area contributed by atoms with Gasteiger partial charge in [-0.15, -0.1) is 0 Å². The highest BCUT2D eigenvalue weighted by atomic mass is 35.5. The van der Waals surface area contributed by atoms with Crippen molar-refractivity contribution in [1.29, 1.82) is 0 Å². The van der Waals surface area contributed by atoms with E-state index in [0.717, 1.165) is 0 Å². The van der Waals surface area contributed by atoms with E-state index < -0.39 is 11.9 Å². The molecule has 1 aliphatic heterocycles. The van der Waals surface area contributed by atoms with Crippen molar-refractivity contribution in [3.63, 3.8) is 0 Å². The summed E-state index contributed by atoms with van der Waals surface area (Å²) in [6.07, 6.45) is 1.59. The van der Waals surface area contributed by atoms with Crippen LogP contribution in [0.3, 0.4) is 0 Å². The number of ether oxygens (including phenoxy) is 3. The van der Waals surface area contributed by atoms with Crippen LogP contribution in [-0.4, -0.2) is 42.7 Å². The van der Waals surface area contributed by atoms with Crippen LogP contribution in [0.5, 0.6) is 11.5 Å². The molecule has 1 amide bonds. The molecule has 1 saturated heterocycles. The van der Waals surface area contributed by atoms with E-state index in [-0.39, 0.29) is 29.8 Å². The Bertz CT molecular complexity index is 1380. The lowest BCUT2D eigenvalue weighted by Gasteiger charge is -2.19. The zero-order valence-corrected chi connectivity index (χ0v) is 21.5. The summed E-state index contributed by atoms with van der Waals surface area (Å²) in [5.41, 5.74) is 1.94. The number of thiocarbonyl (C=S) groups is 1. The third-order valence-corrected chi connectivity index (χ3v) is 6.22. The average Bonchev–Trinajstić information content (AvgIpc) is 3.12. The van der Waals surface area contributed by atoms with Gasteiger partial charge in [0.15, 0.2) is 5.11 Å². The molecule has 0 radical (unpaired) electrons. The number of esters is 1. The van der Waals surface area contributed by atoms with Gasteiger partial charge in [0.1, 0.15) is 36.2 Å². The van der Waals surface area contributed by atoms with Gasteiger partial charge in [0, 0.05) is 0 Å². The standard InChI is InChI=1S/C27H22ClFN2O5S/c1-34-21-9-7-20(8-10-21)31-26(33)23(30(27(31)37)15-25(32)35-2)14-17-6-11-24(22(28)13-17)36-16-18-4-3-5-19(29)12-18/h3-14H,15-16H2,1-2H3/b23-14-. The molecule has 0 saturated carbocycles. The summed E-state index contributed by atoms with van der Waals surface area (Å²) in [6, 6.07) is 17.9. The zero-order valence-electron chi connectivity index (χ0n) is 19.9. The predicted molar refractivity (Wildman–Crippen MR) is 142 cm³/mol. The first-order chi connectivity index (χ1) is 17.8. The van der Waals surface area contributed by atoms with Crippen LogP contribution in [0.4, 0.5) is 10.1 Å². The van der Waals surface area contributed by atoms with Gasteiger partial charge in [-0.25, -0.2) is 4.39 Å². The highest BCUT2D eigenvalue weighted by Gasteiger charge is 2.40. The van der Waals surface area contributed by atoms with E-state index in [2.05, 4.69) is 0 Å². The molecule has 0 unspecified atom stereocenters. The van der Waals surface area contributed by atoms with Crippen molar-refractivity contribution in [3.8, 4) is 11.5 Å². The second-order valence-corrected chi connectivity index (χ2v) is 8.69. The number of rotatable bonds is 8. The van der Waals surface area contributed by atoms with Crippen LogP contribution >= 0.6 is 23.8 Å². The normalized spacial score (nSPS) is 14.3. The van der Waals surface area contributed by atoms with Crippen molar-refractivity contribution in [2.75, 3.05) is 25.7 Å². The van der Waals surface area contributed by atoms with Gasteiger partial charge >= 0.3 is 5.97 Å². The highest BCUT2D eigenvalue weighted by Crippen LogP contribution is 2.32.